The number of carbonyl (C=O) groups excluding carboxylic acids is 1. The minimum Gasteiger partial charge on any atom is -0.493 e. The Kier molecular flexibility index (Phi) is 4.32. The Bertz CT molecular complexity index is 846. The fourth-order valence-electron chi connectivity index (χ4n) is 3.98. The van der Waals surface area contributed by atoms with Gasteiger partial charge in [-0.1, -0.05) is 17.3 Å². The zero-order valence-electron chi connectivity index (χ0n) is 15.3. The first-order valence-corrected chi connectivity index (χ1v) is 9.89. The highest BCUT2D eigenvalue weighted by Crippen LogP contribution is 2.32. The molecule has 1 amide bonds. The standard InChI is InChI=1S/C20H24N4O3/c25-19(21-15-4-5-15)18-22-20(27-23-18)16-2-1-9-24(16)10-7-13-3-6-17-14(12-13)8-11-26-17/h3,6,12,15-16H,1-2,4-5,7-11H2,(H,21,25). The van der Waals surface area contributed by atoms with Gasteiger partial charge in [-0.2, -0.15) is 4.98 Å². The molecule has 2 fully saturated rings. The largest absolute Gasteiger partial charge is 0.493 e. The summed E-state index contributed by atoms with van der Waals surface area (Å²) >= 11 is 0. The molecule has 27 heavy (non-hydrogen) atoms. The van der Waals surface area contributed by atoms with Crippen molar-refractivity contribution in [2.45, 2.75) is 50.6 Å². The number of nitrogens with one attached hydrogen (secondary N) is 1. The smallest absolute Gasteiger partial charge is 0.292 e. The van der Waals surface area contributed by atoms with Crippen LogP contribution in [0.5, 0.6) is 5.75 Å². The van der Waals surface area contributed by atoms with Crippen molar-refractivity contribution in [3.63, 3.8) is 0 Å². The lowest BCUT2D eigenvalue weighted by atomic mass is 10.1. The molecular formula is C20H24N4O3. The van der Waals surface area contributed by atoms with Gasteiger partial charge in [0.1, 0.15) is 5.75 Å². The molecule has 1 aromatic carbocycles. The van der Waals surface area contributed by atoms with E-state index in [1.807, 2.05) is 0 Å². The number of benzene rings is 1. The second-order valence-electron chi connectivity index (χ2n) is 7.69. The van der Waals surface area contributed by atoms with Crippen molar-refractivity contribution in [1.29, 1.82) is 0 Å². The molecular weight excluding hydrogens is 344 g/mol. The van der Waals surface area contributed by atoms with Crippen LogP contribution in [-0.2, 0) is 12.8 Å². The second-order valence-corrected chi connectivity index (χ2v) is 7.69. The molecule has 0 bridgehead atoms. The predicted molar refractivity (Wildman–Crippen MR) is 97.7 cm³/mol. The van der Waals surface area contributed by atoms with Crippen LogP contribution in [0.1, 0.15) is 59.4 Å². The molecule has 7 heteroatoms. The molecule has 1 aromatic heterocycles. The Morgan fingerprint density at radius 3 is 3.11 bits per heavy atom. The number of nitrogens with zero attached hydrogens (tertiary/aromatic N) is 3. The summed E-state index contributed by atoms with van der Waals surface area (Å²) in [7, 11) is 0. The number of aromatic nitrogens is 2. The van der Waals surface area contributed by atoms with Crippen LogP contribution in [0.2, 0.25) is 0 Å². The van der Waals surface area contributed by atoms with Gasteiger partial charge in [-0.15, -0.1) is 0 Å². The highest BCUT2D eigenvalue weighted by Gasteiger charge is 2.32. The molecule has 5 rings (SSSR count). The van der Waals surface area contributed by atoms with Gasteiger partial charge in [0.05, 0.1) is 12.6 Å². The molecule has 0 radical (unpaired) electrons. The Morgan fingerprint density at radius 1 is 1.30 bits per heavy atom. The third kappa shape index (κ3) is 3.56. The summed E-state index contributed by atoms with van der Waals surface area (Å²) < 4.78 is 11.0. The normalized spacial score (nSPS) is 21.9. The summed E-state index contributed by atoms with van der Waals surface area (Å²) in [6, 6.07) is 6.91. The maximum absolute atomic E-state index is 12.1. The van der Waals surface area contributed by atoms with Crippen molar-refractivity contribution < 1.29 is 14.1 Å². The lowest BCUT2D eigenvalue weighted by molar-refractivity contribution is 0.0937. The SMILES string of the molecule is O=C(NC1CC1)c1noc(C2CCCN2CCc2ccc3c(c2)CCO3)n1. The number of fused-ring (bicyclic) bond motifs is 1. The van der Waals surface area contributed by atoms with Crippen LogP contribution in [0.15, 0.2) is 22.7 Å². The van der Waals surface area contributed by atoms with Crippen LogP contribution in [0.4, 0.5) is 0 Å². The maximum atomic E-state index is 12.1. The number of rotatable bonds is 6. The molecule has 2 aromatic rings. The molecule has 3 heterocycles. The molecule has 3 aliphatic rings. The summed E-state index contributed by atoms with van der Waals surface area (Å²) in [6.45, 7) is 2.75. The number of hydrogen-bond acceptors (Lipinski definition) is 6. The fraction of sp³-hybridized carbons (Fsp3) is 0.550. The minimum atomic E-state index is -0.225. The number of ether oxygens (including phenoxy) is 1. The topological polar surface area (TPSA) is 80.5 Å². The lowest BCUT2D eigenvalue weighted by Crippen LogP contribution is -2.27. The number of carbonyl (C=O) groups is 1. The third-order valence-corrected chi connectivity index (χ3v) is 5.65. The summed E-state index contributed by atoms with van der Waals surface area (Å²) in [6.07, 6.45) is 6.16. The molecule has 2 aliphatic heterocycles. The summed E-state index contributed by atoms with van der Waals surface area (Å²) in [5.74, 6) is 1.52. The van der Waals surface area contributed by atoms with E-state index in [0.717, 1.165) is 64.0 Å². The summed E-state index contributed by atoms with van der Waals surface area (Å²) in [5.41, 5.74) is 2.65. The van der Waals surface area contributed by atoms with Gasteiger partial charge in [-0.05, 0) is 55.8 Å². The van der Waals surface area contributed by atoms with E-state index in [0.29, 0.717) is 11.9 Å². The molecule has 7 nitrogen and oxygen atoms in total. The van der Waals surface area contributed by atoms with Crippen LogP contribution >= 0.6 is 0 Å². The zero-order chi connectivity index (χ0) is 18.2. The average molecular weight is 368 g/mol. The summed E-state index contributed by atoms with van der Waals surface area (Å²) in [4.78, 5) is 18.9. The molecule has 1 unspecified atom stereocenters. The van der Waals surface area contributed by atoms with Crippen molar-refractivity contribution >= 4 is 5.91 Å². The van der Waals surface area contributed by atoms with Gasteiger partial charge in [0, 0.05) is 19.0 Å². The highest BCUT2D eigenvalue weighted by atomic mass is 16.5. The van der Waals surface area contributed by atoms with Crippen molar-refractivity contribution in [2.24, 2.45) is 0 Å². The average Bonchev–Trinajstić information content (AvgIpc) is 3.11. The second kappa shape index (κ2) is 6.96. The number of likely N-dealkylation sites (tertiary alicyclic amines) is 1. The van der Waals surface area contributed by atoms with E-state index in [2.05, 4.69) is 38.6 Å². The Hall–Kier alpha value is -2.41. The van der Waals surface area contributed by atoms with Crippen molar-refractivity contribution in [3.05, 3.63) is 41.0 Å². The molecule has 0 spiro atoms. The van der Waals surface area contributed by atoms with E-state index in [4.69, 9.17) is 9.26 Å². The predicted octanol–water partition coefficient (Wildman–Crippen LogP) is 2.28. The quantitative estimate of drug-likeness (QED) is 0.843. The zero-order valence-corrected chi connectivity index (χ0v) is 15.3. The Labute approximate surface area is 158 Å². The lowest BCUT2D eigenvalue weighted by Gasteiger charge is -2.21. The van der Waals surface area contributed by atoms with E-state index in [1.54, 1.807) is 0 Å². The van der Waals surface area contributed by atoms with Gasteiger partial charge in [-0.25, -0.2) is 0 Å². The van der Waals surface area contributed by atoms with Gasteiger partial charge in [0.15, 0.2) is 0 Å². The van der Waals surface area contributed by atoms with Crippen molar-refractivity contribution in [2.75, 3.05) is 19.7 Å². The van der Waals surface area contributed by atoms with Gasteiger partial charge in [0.25, 0.3) is 11.7 Å². The molecule has 1 atom stereocenters. The van der Waals surface area contributed by atoms with Crippen LogP contribution in [-0.4, -0.2) is 46.7 Å². The van der Waals surface area contributed by atoms with Gasteiger partial charge < -0.3 is 14.6 Å². The van der Waals surface area contributed by atoms with Gasteiger partial charge in [0.2, 0.25) is 5.89 Å². The van der Waals surface area contributed by atoms with Crippen LogP contribution in [0.3, 0.4) is 0 Å². The first kappa shape index (κ1) is 16.7. The van der Waals surface area contributed by atoms with Crippen molar-refractivity contribution in [3.8, 4) is 5.75 Å². The van der Waals surface area contributed by atoms with Crippen molar-refractivity contribution in [1.82, 2.24) is 20.4 Å². The first-order valence-electron chi connectivity index (χ1n) is 9.89. The van der Waals surface area contributed by atoms with E-state index < -0.39 is 0 Å². The van der Waals surface area contributed by atoms with Gasteiger partial charge >= 0.3 is 0 Å². The van der Waals surface area contributed by atoms with Crippen LogP contribution in [0.25, 0.3) is 0 Å². The maximum Gasteiger partial charge on any atom is 0.292 e. The Balaban J connectivity index is 1.22. The third-order valence-electron chi connectivity index (χ3n) is 5.65. The molecule has 1 saturated heterocycles. The van der Waals surface area contributed by atoms with E-state index >= 15 is 0 Å². The molecule has 1 saturated carbocycles. The van der Waals surface area contributed by atoms with Crippen LogP contribution in [0, 0.1) is 0 Å². The number of hydrogen-bond donors (Lipinski definition) is 1. The van der Waals surface area contributed by atoms with Gasteiger partial charge in [-0.3, -0.25) is 9.69 Å². The van der Waals surface area contributed by atoms with E-state index in [9.17, 15) is 4.79 Å². The molecule has 142 valence electrons. The van der Waals surface area contributed by atoms with E-state index in [-0.39, 0.29) is 17.8 Å². The Morgan fingerprint density at radius 2 is 2.22 bits per heavy atom. The molecule has 1 aliphatic carbocycles. The van der Waals surface area contributed by atoms with Crippen LogP contribution < -0.4 is 10.1 Å². The van der Waals surface area contributed by atoms with E-state index in [1.165, 1.54) is 11.1 Å². The minimum absolute atomic E-state index is 0.109. The summed E-state index contributed by atoms with van der Waals surface area (Å²) in [5, 5.41) is 6.80. The first-order chi connectivity index (χ1) is 13.3. The highest BCUT2D eigenvalue weighted by molar-refractivity contribution is 5.90. The monoisotopic (exact) mass is 368 g/mol. The fourth-order valence-corrected chi connectivity index (χ4v) is 3.98. The molecule has 1 N–H and O–H groups in total. The number of amides is 1.